The van der Waals surface area contributed by atoms with Crippen molar-refractivity contribution in [3.63, 3.8) is 0 Å². The number of pyridine rings is 1. The SMILES string of the molecule is CCCCCCCCOc1cccc(Br)n1. The molecule has 0 aliphatic carbocycles. The molecule has 0 aliphatic heterocycles. The first-order chi connectivity index (χ1) is 7.83. The Hall–Kier alpha value is -0.570. The van der Waals surface area contributed by atoms with E-state index in [-0.39, 0.29) is 0 Å². The minimum atomic E-state index is 0.711. The highest BCUT2D eigenvalue weighted by atomic mass is 79.9. The molecular weight excluding hydrogens is 266 g/mol. The Bertz CT molecular complexity index is 291. The Labute approximate surface area is 107 Å². The second-order valence-electron chi connectivity index (χ2n) is 3.91. The average Bonchev–Trinajstić information content (AvgIpc) is 2.28. The lowest BCUT2D eigenvalue weighted by Crippen LogP contribution is -1.98. The second kappa shape index (κ2) is 8.57. The third-order valence-electron chi connectivity index (χ3n) is 2.44. The lowest BCUT2D eigenvalue weighted by molar-refractivity contribution is 0.293. The summed E-state index contributed by atoms with van der Waals surface area (Å²) >= 11 is 3.32. The number of ether oxygens (including phenoxy) is 1. The molecule has 0 bridgehead atoms. The van der Waals surface area contributed by atoms with E-state index in [1.165, 1.54) is 32.1 Å². The van der Waals surface area contributed by atoms with Crippen LogP contribution in [0.1, 0.15) is 45.4 Å². The highest BCUT2D eigenvalue weighted by Crippen LogP contribution is 2.12. The topological polar surface area (TPSA) is 22.1 Å². The number of rotatable bonds is 8. The van der Waals surface area contributed by atoms with E-state index in [4.69, 9.17) is 4.74 Å². The van der Waals surface area contributed by atoms with Crippen molar-refractivity contribution in [3.05, 3.63) is 22.8 Å². The maximum Gasteiger partial charge on any atom is 0.214 e. The Kier molecular flexibility index (Phi) is 7.23. The van der Waals surface area contributed by atoms with Crippen molar-refractivity contribution in [2.75, 3.05) is 6.61 Å². The minimum absolute atomic E-state index is 0.711. The van der Waals surface area contributed by atoms with Gasteiger partial charge in [-0.2, -0.15) is 0 Å². The molecule has 0 atom stereocenters. The predicted molar refractivity (Wildman–Crippen MR) is 70.8 cm³/mol. The van der Waals surface area contributed by atoms with Crippen LogP contribution in [0.15, 0.2) is 22.8 Å². The van der Waals surface area contributed by atoms with Crippen LogP contribution >= 0.6 is 15.9 Å². The summed E-state index contributed by atoms with van der Waals surface area (Å²) in [6.45, 7) is 3.01. The van der Waals surface area contributed by atoms with Gasteiger partial charge in [0.1, 0.15) is 4.60 Å². The van der Waals surface area contributed by atoms with Gasteiger partial charge in [0.25, 0.3) is 0 Å². The van der Waals surface area contributed by atoms with Crippen molar-refractivity contribution in [2.24, 2.45) is 0 Å². The predicted octanol–water partition coefficient (Wildman–Crippen LogP) is 4.58. The molecule has 1 aromatic heterocycles. The summed E-state index contributed by atoms with van der Waals surface area (Å²) in [6, 6.07) is 5.73. The van der Waals surface area contributed by atoms with Crippen molar-refractivity contribution in [1.82, 2.24) is 4.98 Å². The van der Waals surface area contributed by atoms with Gasteiger partial charge in [-0.25, -0.2) is 4.98 Å². The monoisotopic (exact) mass is 285 g/mol. The fourth-order valence-corrected chi connectivity index (χ4v) is 1.86. The minimum Gasteiger partial charge on any atom is -0.478 e. The Morgan fingerprint density at radius 3 is 2.62 bits per heavy atom. The van der Waals surface area contributed by atoms with Gasteiger partial charge >= 0.3 is 0 Å². The fraction of sp³-hybridized carbons (Fsp3) is 0.615. The van der Waals surface area contributed by atoms with E-state index in [9.17, 15) is 0 Å². The molecule has 0 fully saturated rings. The smallest absolute Gasteiger partial charge is 0.214 e. The van der Waals surface area contributed by atoms with E-state index in [0.29, 0.717) is 5.88 Å². The fourth-order valence-electron chi connectivity index (χ4n) is 1.53. The maximum atomic E-state index is 5.55. The number of nitrogens with zero attached hydrogens (tertiary/aromatic N) is 1. The van der Waals surface area contributed by atoms with Gasteiger partial charge in [-0.15, -0.1) is 0 Å². The van der Waals surface area contributed by atoms with Crippen LogP contribution in [0.4, 0.5) is 0 Å². The molecule has 0 aliphatic rings. The summed E-state index contributed by atoms with van der Waals surface area (Å²) in [5, 5.41) is 0. The first-order valence-electron chi connectivity index (χ1n) is 6.08. The standard InChI is InChI=1S/C13H20BrNO/c1-2-3-4-5-6-7-11-16-13-10-8-9-12(14)15-13/h8-10H,2-7,11H2,1H3. The molecular formula is C13H20BrNO. The Morgan fingerprint density at radius 1 is 1.12 bits per heavy atom. The van der Waals surface area contributed by atoms with Crippen LogP contribution in [0.2, 0.25) is 0 Å². The number of hydrogen-bond donors (Lipinski definition) is 0. The summed E-state index contributed by atoms with van der Waals surface area (Å²) in [5.41, 5.74) is 0. The van der Waals surface area contributed by atoms with Crippen LogP contribution in [0.25, 0.3) is 0 Å². The highest BCUT2D eigenvalue weighted by molar-refractivity contribution is 9.10. The largest absolute Gasteiger partial charge is 0.478 e. The average molecular weight is 286 g/mol. The van der Waals surface area contributed by atoms with Crippen molar-refractivity contribution >= 4 is 15.9 Å². The normalized spacial score (nSPS) is 10.4. The van der Waals surface area contributed by atoms with Gasteiger partial charge in [0.05, 0.1) is 6.61 Å². The number of halogens is 1. The third-order valence-corrected chi connectivity index (χ3v) is 2.88. The number of hydrogen-bond acceptors (Lipinski definition) is 2. The molecule has 0 amide bonds. The second-order valence-corrected chi connectivity index (χ2v) is 4.73. The van der Waals surface area contributed by atoms with E-state index in [1.54, 1.807) is 0 Å². The molecule has 0 spiro atoms. The van der Waals surface area contributed by atoms with Gasteiger partial charge in [0.2, 0.25) is 5.88 Å². The van der Waals surface area contributed by atoms with Crippen molar-refractivity contribution in [3.8, 4) is 5.88 Å². The van der Waals surface area contributed by atoms with E-state index < -0.39 is 0 Å². The zero-order valence-electron chi connectivity index (χ0n) is 9.92. The zero-order valence-corrected chi connectivity index (χ0v) is 11.5. The number of unbranched alkanes of at least 4 members (excludes halogenated alkanes) is 5. The first-order valence-corrected chi connectivity index (χ1v) is 6.87. The summed E-state index contributed by atoms with van der Waals surface area (Å²) in [5.74, 6) is 0.711. The summed E-state index contributed by atoms with van der Waals surface area (Å²) in [6.07, 6.45) is 7.72. The molecule has 1 aromatic rings. The summed E-state index contributed by atoms with van der Waals surface area (Å²) in [4.78, 5) is 4.21. The van der Waals surface area contributed by atoms with Gasteiger partial charge in [-0.3, -0.25) is 0 Å². The molecule has 0 radical (unpaired) electrons. The van der Waals surface area contributed by atoms with Gasteiger partial charge in [0.15, 0.2) is 0 Å². The van der Waals surface area contributed by atoms with Gasteiger partial charge in [0, 0.05) is 6.07 Å². The van der Waals surface area contributed by atoms with Crippen LogP contribution in [-0.4, -0.2) is 11.6 Å². The van der Waals surface area contributed by atoms with Crippen LogP contribution in [0.5, 0.6) is 5.88 Å². The zero-order chi connectivity index (χ0) is 11.6. The summed E-state index contributed by atoms with van der Waals surface area (Å²) in [7, 11) is 0. The molecule has 0 N–H and O–H groups in total. The lowest BCUT2D eigenvalue weighted by atomic mass is 10.1. The first kappa shape index (κ1) is 13.5. The van der Waals surface area contributed by atoms with Crippen LogP contribution in [0, 0.1) is 0 Å². The molecule has 0 saturated carbocycles. The third kappa shape index (κ3) is 6.11. The molecule has 1 rings (SSSR count). The molecule has 0 unspecified atom stereocenters. The number of aromatic nitrogens is 1. The van der Waals surface area contributed by atoms with Crippen molar-refractivity contribution in [2.45, 2.75) is 45.4 Å². The van der Waals surface area contributed by atoms with Crippen molar-refractivity contribution in [1.29, 1.82) is 0 Å². The van der Waals surface area contributed by atoms with E-state index in [2.05, 4.69) is 27.8 Å². The van der Waals surface area contributed by atoms with E-state index in [1.807, 2.05) is 18.2 Å². The van der Waals surface area contributed by atoms with Gasteiger partial charge < -0.3 is 4.74 Å². The molecule has 90 valence electrons. The van der Waals surface area contributed by atoms with Gasteiger partial charge in [-0.05, 0) is 28.4 Å². The Balaban J connectivity index is 2.03. The van der Waals surface area contributed by atoms with E-state index in [0.717, 1.165) is 17.6 Å². The molecule has 0 aromatic carbocycles. The van der Waals surface area contributed by atoms with Crippen LogP contribution in [0.3, 0.4) is 0 Å². The maximum absolute atomic E-state index is 5.55. The quantitative estimate of drug-likeness (QED) is 0.515. The molecule has 1 heterocycles. The lowest BCUT2D eigenvalue weighted by Gasteiger charge is -2.05. The van der Waals surface area contributed by atoms with Gasteiger partial charge in [-0.1, -0.05) is 45.1 Å². The highest BCUT2D eigenvalue weighted by Gasteiger charge is 1.96. The van der Waals surface area contributed by atoms with Crippen molar-refractivity contribution < 1.29 is 4.74 Å². The molecule has 0 saturated heterocycles. The summed E-state index contributed by atoms with van der Waals surface area (Å²) < 4.78 is 6.38. The van der Waals surface area contributed by atoms with Crippen LogP contribution in [-0.2, 0) is 0 Å². The molecule has 3 heteroatoms. The molecule has 16 heavy (non-hydrogen) atoms. The Morgan fingerprint density at radius 2 is 1.88 bits per heavy atom. The molecule has 2 nitrogen and oxygen atoms in total. The van der Waals surface area contributed by atoms with Crippen LogP contribution < -0.4 is 4.74 Å². The van der Waals surface area contributed by atoms with E-state index >= 15 is 0 Å².